The molecule has 2 rings (SSSR count). The van der Waals surface area contributed by atoms with Crippen LogP contribution in [0.2, 0.25) is 0 Å². The summed E-state index contributed by atoms with van der Waals surface area (Å²) < 4.78 is 1.94. The van der Waals surface area contributed by atoms with Crippen LogP contribution in [-0.4, -0.2) is 26.3 Å². The Hall–Kier alpha value is -1.62. The molecule has 0 radical (unpaired) electrons. The minimum absolute atomic E-state index is 0.887. The zero-order chi connectivity index (χ0) is 11.9. The Kier molecular flexibility index (Phi) is 4.32. The van der Waals surface area contributed by atoms with Gasteiger partial charge in [-0.05, 0) is 19.9 Å². The van der Waals surface area contributed by atoms with Gasteiger partial charge >= 0.3 is 0 Å². The summed E-state index contributed by atoms with van der Waals surface area (Å²) in [6.45, 7) is 4.90. The fourth-order valence-corrected chi connectivity index (χ4v) is 1.72. The van der Waals surface area contributed by atoms with Gasteiger partial charge in [0.25, 0.3) is 0 Å². The molecule has 5 heteroatoms. The molecule has 0 saturated carbocycles. The van der Waals surface area contributed by atoms with Crippen LogP contribution in [0.4, 0.5) is 0 Å². The third-order valence-electron chi connectivity index (χ3n) is 2.66. The van der Waals surface area contributed by atoms with Gasteiger partial charge in [-0.2, -0.15) is 5.10 Å². The predicted octanol–water partition coefficient (Wildman–Crippen LogP) is 1.35. The first-order valence-corrected chi connectivity index (χ1v) is 6.09. The predicted molar refractivity (Wildman–Crippen MR) is 66.5 cm³/mol. The number of aromatic amines is 1. The highest BCUT2D eigenvalue weighted by molar-refractivity contribution is 5.03. The Balaban J connectivity index is 1.60. The molecule has 0 atom stereocenters. The van der Waals surface area contributed by atoms with E-state index < -0.39 is 0 Å². The average Bonchev–Trinajstić information content (AvgIpc) is 2.99. The summed E-state index contributed by atoms with van der Waals surface area (Å²) in [6.07, 6.45) is 9.75. The van der Waals surface area contributed by atoms with Gasteiger partial charge in [0.15, 0.2) is 0 Å². The summed E-state index contributed by atoms with van der Waals surface area (Å²) in [6, 6.07) is 0. The van der Waals surface area contributed by atoms with E-state index in [0.29, 0.717) is 0 Å². The van der Waals surface area contributed by atoms with Crippen molar-refractivity contribution in [3.05, 3.63) is 36.2 Å². The zero-order valence-corrected chi connectivity index (χ0v) is 10.2. The van der Waals surface area contributed by atoms with Gasteiger partial charge < -0.3 is 10.3 Å². The molecular formula is C12H19N5. The van der Waals surface area contributed by atoms with Gasteiger partial charge in [0.05, 0.1) is 6.20 Å². The molecule has 2 aromatic heterocycles. The van der Waals surface area contributed by atoms with Crippen molar-refractivity contribution in [2.24, 2.45) is 0 Å². The Morgan fingerprint density at radius 2 is 2.41 bits per heavy atom. The van der Waals surface area contributed by atoms with Crippen molar-refractivity contribution < 1.29 is 0 Å². The molecule has 0 aliphatic rings. The van der Waals surface area contributed by atoms with Crippen molar-refractivity contribution in [3.8, 4) is 0 Å². The molecule has 2 heterocycles. The van der Waals surface area contributed by atoms with Crippen LogP contribution in [0.1, 0.15) is 24.7 Å². The number of nitrogens with zero attached hydrogens (tertiary/aromatic N) is 3. The van der Waals surface area contributed by atoms with Crippen LogP contribution in [-0.2, 0) is 19.5 Å². The molecule has 0 spiro atoms. The number of rotatable bonds is 7. The maximum absolute atomic E-state index is 4.24. The lowest BCUT2D eigenvalue weighted by Crippen LogP contribution is -2.15. The first-order valence-electron chi connectivity index (χ1n) is 6.09. The first-order chi connectivity index (χ1) is 8.38. The molecule has 2 aromatic rings. The first kappa shape index (κ1) is 11.9. The molecule has 2 N–H and O–H groups in total. The van der Waals surface area contributed by atoms with E-state index in [9.17, 15) is 0 Å². The van der Waals surface area contributed by atoms with Crippen LogP contribution in [0.3, 0.4) is 0 Å². The summed E-state index contributed by atoms with van der Waals surface area (Å²) in [5.74, 6) is 1.06. The summed E-state index contributed by atoms with van der Waals surface area (Å²) in [7, 11) is 0. The minimum Gasteiger partial charge on any atom is -0.349 e. The van der Waals surface area contributed by atoms with Gasteiger partial charge in [0.1, 0.15) is 5.82 Å². The van der Waals surface area contributed by atoms with E-state index in [-0.39, 0.29) is 0 Å². The fraction of sp³-hybridized carbons (Fsp3) is 0.500. The van der Waals surface area contributed by atoms with Gasteiger partial charge in [0, 0.05) is 43.7 Å². The Morgan fingerprint density at radius 1 is 1.47 bits per heavy atom. The minimum atomic E-state index is 0.887. The van der Waals surface area contributed by atoms with Crippen molar-refractivity contribution in [2.75, 3.05) is 6.54 Å². The van der Waals surface area contributed by atoms with Crippen LogP contribution in [0.5, 0.6) is 0 Å². The van der Waals surface area contributed by atoms with E-state index in [2.05, 4.69) is 33.5 Å². The summed E-state index contributed by atoms with van der Waals surface area (Å²) >= 11 is 0. The fourth-order valence-electron chi connectivity index (χ4n) is 1.72. The molecular weight excluding hydrogens is 214 g/mol. The van der Waals surface area contributed by atoms with Crippen molar-refractivity contribution in [3.63, 3.8) is 0 Å². The van der Waals surface area contributed by atoms with Crippen LogP contribution >= 0.6 is 0 Å². The Bertz CT molecular complexity index is 418. The highest BCUT2D eigenvalue weighted by Crippen LogP contribution is 1.98. The van der Waals surface area contributed by atoms with Crippen LogP contribution in [0.15, 0.2) is 24.8 Å². The number of aryl methyl sites for hydroxylation is 2. The number of aromatic nitrogens is 4. The highest BCUT2D eigenvalue weighted by Gasteiger charge is 1.97. The second-order valence-electron chi connectivity index (χ2n) is 4.02. The van der Waals surface area contributed by atoms with E-state index in [0.717, 1.165) is 38.3 Å². The maximum Gasteiger partial charge on any atom is 0.106 e. The van der Waals surface area contributed by atoms with E-state index >= 15 is 0 Å². The number of nitrogens with one attached hydrogen (secondary N) is 2. The maximum atomic E-state index is 4.24. The Labute approximate surface area is 101 Å². The smallest absolute Gasteiger partial charge is 0.106 e. The number of hydrogen-bond donors (Lipinski definition) is 2. The monoisotopic (exact) mass is 233 g/mol. The SMILES string of the molecule is CCn1cc(CNCCCc2ncc[nH]2)cn1. The molecule has 92 valence electrons. The second-order valence-corrected chi connectivity index (χ2v) is 4.02. The average molecular weight is 233 g/mol. The normalized spacial score (nSPS) is 10.9. The molecule has 0 aromatic carbocycles. The van der Waals surface area contributed by atoms with Crippen molar-refractivity contribution >= 4 is 0 Å². The number of H-pyrrole nitrogens is 1. The van der Waals surface area contributed by atoms with Crippen molar-refractivity contribution in [1.82, 2.24) is 25.1 Å². The molecule has 0 aliphatic carbocycles. The molecule has 0 saturated heterocycles. The standard InChI is InChI=1S/C12H19N5/c1-2-17-10-11(9-16-17)8-13-5-3-4-12-14-6-7-15-12/h6-7,9-10,13H,2-5,8H2,1H3,(H,14,15). The number of hydrogen-bond acceptors (Lipinski definition) is 3. The van der Waals surface area contributed by atoms with Gasteiger partial charge in [0.2, 0.25) is 0 Å². The van der Waals surface area contributed by atoms with Gasteiger partial charge in [-0.25, -0.2) is 4.98 Å². The molecule has 0 unspecified atom stereocenters. The third kappa shape index (κ3) is 3.71. The lowest BCUT2D eigenvalue weighted by molar-refractivity contribution is 0.637. The van der Waals surface area contributed by atoms with Gasteiger partial charge in [-0.15, -0.1) is 0 Å². The van der Waals surface area contributed by atoms with Gasteiger partial charge in [-0.1, -0.05) is 0 Å². The van der Waals surface area contributed by atoms with Crippen molar-refractivity contribution in [1.29, 1.82) is 0 Å². The second kappa shape index (κ2) is 6.20. The highest BCUT2D eigenvalue weighted by atomic mass is 15.3. The molecule has 17 heavy (non-hydrogen) atoms. The molecule has 0 bridgehead atoms. The van der Waals surface area contributed by atoms with E-state index in [1.165, 1.54) is 5.56 Å². The molecule has 5 nitrogen and oxygen atoms in total. The van der Waals surface area contributed by atoms with E-state index in [1.807, 2.05) is 17.1 Å². The quantitative estimate of drug-likeness (QED) is 0.710. The van der Waals surface area contributed by atoms with Crippen LogP contribution in [0.25, 0.3) is 0 Å². The summed E-state index contributed by atoms with van der Waals surface area (Å²) in [4.78, 5) is 7.29. The van der Waals surface area contributed by atoms with Crippen molar-refractivity contribution in [2.45, 2.75) is 32.9 Å². The molecule has 0 fully saturated rings. The molecule has 0 aliphatic heterocycles. The van der Waals surface area contributed by atoms with E-state index in [4.69, 9.17) is 0 Å². The topological polar surface area (TPSA) is 58.5 Å². The lowest BCUT2D eigenvalue weighted by atomic mass is 10.3. The number of imidazole rings is 1. The lowest BCUT2D eigenvalue weighted by Gasteiger charge is -2.01. The zero-order valence-electron chi connectivity index (χ0n) is 10.2. The Morgan fingerprint density at radius 3 is 3.12 bits per heavy atom. The van der Waals surface area contributed by atoms with Gasteiger partial charge in [-0.3, -0.25) is 4.68 Å². The van der Waals surface area contributed by atoms with Crippen LogP contribution in [0, 0.1) is 0 Å². The van der Waals surface area contributed by atoms with E-state index in [1.54, 1.807) is 6.20 Å². The van der Waals surface area contributed by atoms with Crippen LogP contribution < -0.4 is 5.32 Å². The summed E-state index contributed by atoms with van der Waals surface area (Å²) in [5, 5.41) is 7.64. The third-order valence-corrected chi connectivity index (χ3v) is 2.66. The largest absolute Gasteiger partial charge is 0.349 e. The molecule has 0 amide bonds. The summed E-state index contributed by atoms with van der Waals surface area (Å²) in [5.41, 5.74) is 1.24.